The van der Waals surface area contributed by atoms with Crippen molar-refractivity contribution in [2.24, 2.45) is 0 Å². The van der Waals surface area contributed by atoms with E-state index in [0.717, 1.165) is 5.56 Å². The molecule has 0 fully saturated rings. The summed E-state index contributed by atoms with van der Waals surface area (Å²) < 4.78 is 1.87. The third-order valence-electron chi connectivity index (χ3n) is 3.26. The van der Waals surface area contributed by atoms with Gasteiger partial charge in [0.2, 0.25) is 0 Å². The molecular formula is C16H15N3OS. The minimum absolute atomic E-state index is 0.0129. The Morgan fingerprint density at radius 1 is 1.24 bits per heavy atom. The van der Waals surface area contributed by atoms with Gasteiger partial charge in [0.25, 0.3) is 5.91 Å². The van der Waals surface area contributed by atoms with E-state index in [1.54, 1.807) is 17.5 Å². The quantitative estimate of drug-likeness (QED) is 0.787. The van der Waals surface area contributed by atoms with Crippen LogP contribution < -0.4 is 5.32 Å². The van der Waals surface area contributed by atoms with Gasteiger partial charge in [-0.25, -0.2) is 0 Å². The molecule has 0 aliphatic heterocycles. The van der Waals surface area contributed by atoms with Crippen LogP contribution in [0.3, 0.4) is 0 Å². The highest BCUT2D eigenvalue weighted by Gasteiger charge is 2.16. The summed E-state index contributed by atoms with van der Waals surface area (Å²) in [5.41, 5.74) is 1.82. The lowest BCUT2D eigenvalue weighted by Crippen LogP contribution is -2.31. The molecule has 0 unspecified atom stereocenters. The number of hydrogen-bond acceptors (Lipinski definition) is 3. The Kier molecular flexibility index (Phi) is 4.12. The van der Waals surface area contributed by atoms with Crippen LogP contribution in [0.25, 0.3) is 0 Å². The Hall–Kier alpha value is -2.40. The molecule has 3 aromatic rings. The van der Waals surface area contributed by atoms with Crippen molar-refractivity contribution >= 4 is 17.2 Å². The minimum Gasteiger partial charge on any atom is -0.350 e. The van der Waals surface area contributed by atoms with Gasteiger partial charge in [0.15, 0.2) is 0 Å². The maximum atomic E-state index is 12.2. The van der Waals surface area contributed by atoms with Crippen LogP contribution in [-0.4, -0.2) is 22.2 Å². The molecule has 106 valence electrons. The average molecular weight is 297 g/mol. The van der Waals surface area contributed by atoms with Crippen LogP contribution in [0.15, 0.2) is 65.6 Å². The first kappa shape index (κ1) is 13.6. The lowest BCUT2D eigenvalue weighted by molar-refractivity contribution is 0.0949. The summed E-state index contributed by atoms with van der Waals surface area (Å²) in [5.74, 6) is -0.0667. The van der Waals surface area contributed by atoms with Crippen LogP contribution in [0.2, 0.25) is 0 Å². The molecule has 1 amide bonds. The van der Waals surface area contributed by atoms with Gasteiger partial charge < -0.3 is 5.32 Å². The third kappa shape index (κ3) is 3.20. The largest absolute Gasteiger partial charge is 0.350 e. The SMILES string of the molecule is O=C(NC[C@@H](c1ccsc1)n1cccn1)c1ccccc1. The second-order valence-electron chi connectivity index (χ2n) is 4.63. The molecule has 0 bridgehead atoms. The van der Waals surface area contributed by atoms with Crippen molar-refractivity contribution in [2.45, 2.75) is 6.04 Å². The van der Waals surface area contributed by atoms with Gasteiger partial charge in [-0.1, -0.05) is 18.2 Å². The van der Waals surface area contributed by atoms with E-state index in [9.17, 15) is 4.79 Å². The van der Waals surface area contributed by atoms with Gasteiger partial charge >= 0.3 is 0 Å². The fraction of sp³-hybridized carbons (Fsp3) is 0.125. The first-order chi connectivity index (χ1) is 10.3. The van der Waals surface area contributed by atoms with Crippen molar-refractivity contribution in [1.29, 1.82) is 0 Å². The van der Waals surface area contributed by atoms with E-state index >= 15 is 0 Å². The lowest BCUT2D eigenvalue weighted by Gasteiger charge is -2.17. The smallest absolute Gasteiger partial charge is 0.251 e. The predicted molar refractivity (Wildman–Crippen MR) is 83.5 cm³/mol. The second-order valence-corrected chi connectivity index (χ2v) is 5.41. The molecule has 5 heteroatoms. The van der Waals surface area contributed by atoms with Gasteiger partial charge in [-0.05, 0) is 40.6 Å². The maximum absolute atomic E-state index is 12.2. The second kappa shape index (κ2) is 6.37. The van der Waals surface area contributed by atoms with Gasteiger partial charge in [-0.3, -0.25) is 9.48 Å². The van der Waals surface area contributed by atoms with Crippen molar-refractivity contribution in [3.63, 3.8) is 0 Å². The van der Waals surface area contributed by atoms with Crippen LogP contribution >= 0.6 is 11.3 Å². The molecule has 0 radical (unpaired) electrons. The van der Waals surface area contributed by atoms with E-state index in [1.807, 2.05) is 52.7 Å². The van der Waals surface area contributed by atoms with Gasteiger partial charge in [-0.15, -0.1) is 0 Å². The van der Waals surface area contributed by atoms with Crippen molar-refractivity contribution < 1.29 is 4.79 Å². The molecule has 4 nitrogen and oxygen atoms in total. The van der Waals surface area contributed by atoms with Crippen LogP contribution in [0, 0.1) is 0 Å². The summed E-state index contributed by atoms with van der Waals surface area (Å²) >= 11 is 1.64. The van der Waals surface area contributed by atoms with Crippen molar-refractivity contribution in [1.82, 2.24) is 15.1 Å². The molecule has 1 atom stereocenters. The fourth-order valence-electron chi connectivity index (χ4n) is 2.17. The summed E-state index contributed by atoms with van der Waals surface area (Å²) in [4.78, 5) is 12.2. The summed E-state index contributed by atoms with van der Waals surface area (Å²) in [6.45, 7) is 0.506. The molecule has 0 spiro atoms. The number of hydrogen-bond donors (Lipinski definition) is 1. The normalized spacial score (nSPS) is 12.0. The Labute approximate surface area is 127 Å². The fourth-order valence-corrected chi connectivity index (χ4v) is 2.88. The Balaban J connectivity index is 1.73. The standard InChI is InChI=1S/C16H15N3OS/c20-16(13-5-2-1-3-6-13)17-11-15(14-7-10-21-12-14)19-9-4-8-18-19/h1-10,12,15H,11H2,(H,17,20)/t15-/m0/s1. The number of aromatic nitrogens is 2. The molecule has 0 saturated heterocycles. The molecule has 0 aliphatic carbocycles. The Morgan fingerprint density at radius 3 is 2.76 bits per heavy atom. The van der Waals surface area contributed by atoms with Gasteiger partial charge in [-0.2, -0.15) is 16.4 Å². The number of nitrogens with zero attached hydrogens (tertiary/aromatic N) is 2. The van der Waals surface area contributed by atoms with E-state index < -0.39 is 0 Å². The topological polar surface area (TPSA) is 46.9 Å². The summed E-state index contributed by atoms with van der Waals surface area (Å²) in [7, 11) is 0. The highest BCUT2D eigenvalue weighted by Crippen LogP contribution is 2.19. The minimum atomic E-state index is -0.0667. The Morgan fingerprint density at radius 2 is 2.10 bits per heavy atom. The zero-order chi connectivity index (χ0) is 14.5. The van der Waals surface area contributed by atoms with E-state index in [-0.39, 0.29) is 11.9 Å². The highest BCUT2D eigenvalue weighted by atomic mass is 32.1. The van der Waals surface area contributed by atoms with Crippen LogP contribution in [-0.2, 0) is 0 Å². The molecule has 0 saturated carbocycles. The van der Waals surface area contributed by atoms with Crippen molar-refractivity contribution in [3.8, 4) is 0 Å². The van der Waals surface area contributed by atoms with E-state index in [1.165, 1.54) is 0 Å². The molecule has 1 aromatic carbocycles. The molecular weight excluding hydrogens is 282 g/mol. The number of nitrogens with one attached hydrogen (secondary N) is 1. The summed E-state index contributed by atoms with van der Waals surface area (Å²) in [6.07, 6.45) is 3.66. The maximum Gasteiger partial charge on any atom is 0.251 e. The zero-order valence-electron chi connectivity index (χ0n) is 11.3. The van der Waals surface area contributed by atoms with Gasteiger partial charge in [0.05, 0.1) is 6.04 Å². The third-order valence-corrected chi connectivity index (χ3v) is 3.97. The zero-order valence-corrected chi connectivity index (χ0v) is 12.2. The molecule has 2 aromatic heterocycles. The van der Waals surface area contributed by atoms with E-state index in [0.29, 0.717) is 12.1 Å². The number of amides is 1. The number of benzene rings is 1. The molecule has 1 N–H and O–H groups in total. The lowest BCUT2D eigenvalue weighted by atomic mass is 10.1. The predicted octanol–water partition coefficient (Wildman–Crippen LogP) is 2.96. The van der Waals surface area contributed by atoms with Gasteiger partial charge in [0.1, 0.15) is 0 Å². The highest BCUT2D eigenvalue weighted by molar-refractivity contribution is 7.07. The first-order valence-corrected chi connectivity index (χ1v) is 7.63. The number of rotatable bonds is 5. The van der Waals surface area contributed by atoms with Crippen molar-refractivity contribution in [2.75, 3.05) is 6.54 Å². The molecule has 3 rings (SSSR count). The first-order valence-electron chi connectivity index (χ1n) is 6.69. The van der Waals surface area contributed by atoms with Crippen LogP contribution in [0.5, 0.6) is 0 Å². The average Bonchev–Trinajstić information content (AvgIpc) is 3.22. The van der Waals surface area contributed by atoms with Crippen LogP contribution in [0.4, 0.5) is 0 Å². The number of thiophene rings is 1. The summed E-state index contributed by atoms with van der Waals surface area (Å²) in [5, 5.41) is 11.4. The molecule has 21 heavy (non-hydrogen) atoms. The summed E-state index contributed by atoms with van der Waals surface area (Å²) in [6, 6.07) is 13.2. The monoisotopic (exact) mass is 297 g/mol. The van der Waals surface area contributed by atoms with Crippen LogP contribution in [0.1, 0.15) is 22.0 Å². The number of carbonyl (C=O) groups is 1. The van der Waals surface area contributed by atoms with Crippen molar-refractivity contribution in [3.05, 3.63) is 76.7 Å². The van der Waals surface area contributed by atoms with E-state index in [4.69, 9.17) is 0 Å². The molecule has 0 aliphatic rings. The van der Waals surface area contributed by atoms with Gasteiger partial charge in [0, 0.05) is 24.5 Å². The number of carbonyl (C=O) groups excluding carboxylic acids is 1. The molecule has 2 heterocycles. The van der Waals surface area contributed by atoms with E-state index in [2.05, 4.69) is 21.9 Å². The Bertz CT molecular complexity index is 643.